The van der Waals surface area contributed by atoms with Gasteiger partial charge in [0, 0.05) is 43.0 Å². The molecule has 1 fully saturated rings. The average Bonchev–Trinajstić information content (AvgIpc) is 3.25. The molecule has 0 radical (unpaired) electrons. The molecule has 0 unspecified atom stereocenters. The summed E-state index contributed by atoms with van der Waals surface area (Å²) in [7, 11) is 0. The monoisotopic (exact) mass is 408 g/mol. The van der Waals surface area contributed by atoms with E-state index >= 15 is 0 Å². The Hall–Kier alpha value is -3.37. The van der Waals surface area contributed by atoms with E-state index in [1.54, 1.807) is 0 Å². The number of rotatable bonds is 5. The highest BCUT2D eigenvalue weighted by Gasteiger charge is 2.20. The first-order valence-corrected chi connectivity index (χ1v) is 11.0. The van der Waals surface area contributed by atoms with Gasteiger partial charge in [0.05, 0.1) is 17.9 Å². The fraction of sp³-hybridized carbons (Fsp3) is 0.222. The van der Waals surface area contributed by atoms with Crippen LogP contribution in [-0.2, 0) is 6.54 Å². The number of H-pyrrole nitrogens is 1. The van der Waals surface area contributed by atoms with E-state index in [1.165, 1.54) is 16.8 Å². The third-order valence-electron chi connectivity index (χ3n) is 6.01. The van der Waals surface area contributed by atoms with Crippen LogP contribution in [0.2, 0.25) is 0 Å². The Balaban J connectivity index is 1.33. The van der Waals surface area contributed by atoms with Crippen molar-refractivity contribution in [3.8, 4) is 22.5 Å². The van der Waals surface area contributed by atoms with Gasteiger partial charge in [-0.1, -0.05) is 78.4 Å². The van der Waals surface area contributed by atoms with Gasteiger partial charge in [-0.15, -0.1) is 0 Å². The van der Waals surface area contributed by atoms with E-state index in [1.807, 2.05) is 6.07 Å². The summed E-state index contributed by atoms with van der Waals surface area (Å²) >= 11 is 0. The lowest BCUT2D eigenvalue weighted by Gasteiger charge is -2.35. The van der Waals surface area contributed by atoms with E-state index < -0.39 is 0 Å². The maximum Gasteiger partial charge on any atom is 0.121 e. The molecule has 4 nitrogen and oxygen atoms in total. The summed E-state index contributed by atoms with van der Waals surface area (Å²) in [6.07, 6.45) is 0. The van der Waals surface area contributed by atoms with Crippen molar-refractivity contribution in [2.75, 3.05) is 31.1 Å². The minimum Gasteiger partial charge on any atom is -0.369 e. The molecule has 1 aromatic heterocycles. The van der Waals surface area contributed by atoms with Crippen molar-refractivity contribution >= 4 is 5.69 Å². The lowest BCUT2D eigenvalue weighted by atomic mass is 10.1. The molecule has 0 atom stereocenters. The number of hydrogen-bond donors (Lipinski definition) is 1. The molecule has 1 saturated heterocycles. The smallest absolute Gasteiger partial charge is 0.121 e. The second-order valence-electron chi connectivity index (χ2n) is 8.24. The highest BCUT2D eigenvalue weighted by molar-refractivity contribution is 5.78. The number of aryl methyl sites for hydroxylation is 1. The van der Waals surface area contributed by atoms with Crippen LogP contribution in [0.25, 0.3) is 22.5 Å². The van der Waals surface area contributed by atoms with Gasteiger partial charge in [-0.2, -0.15) is 0 Å². The zero-order valence-corrected chi connectivity index (χ0v) is 18.0. The second kappa shape index (κ2) is 8.78. The first-order valence-electron chi connectivity index (χ1n) is 11.0. The molecule has 4 aromatic rings. The number of anilines is 1. The predicted octanol–water partition coefficient (Wildman–Crippen LogP) is 5.37. The Morgan fingerprint density at radius 1 is 0.742 bits per heavy atom. The summed E-state index contributed by atoms with van der Waals surface area (Å²) in [5.74, 6) is 1.03. The van der Waals surface area contributed by atoms with Gasteiger partial charge < -0.3 is 9.88 Å². The van der Waals surface area contributed by atoms with Crippen LogP contribution in [0.3, 0.4) is 0 Å². The summed E-state index contributed by atoms with van der Waals surface area (Å²) in [6, 6.07) is 29.8. The third-order valence-corrected chi connectivity index (χ3v) is 6.01. The van der Waals surface area contributed by atoms with Crippen LogP contribution >= 0.6 is 0 Å². The molecule has 31 heavy (non-hydrogen) atoms. The first kappa shape index (κ1) is 19.6. The van der Waals surface area contributed by atoms with E-state index in [0.29, 0.717) is 0 Å². The van der Waals surface area contributed by atoms with Crippen molar-refractivity contribution in [1.29, 1.82) is 0 Å². The van der Waals surface area contributed by atoms with Gasteiger partial charge >= 0.3 is 0 Å². The van der Waals surface area contributed by atoms with E-state index in [4.69, 9.17) is 4.98 Å². The maximum absolute atomic E-state index is 5.03. The van der Waals surface area contributed by atoms with Crippen LogP contribution in [0.1, 0.15) is 11.4 Å². The molecule has 5 rings (SSSR count). The normalized spacial score (nSPS) is 14.7. The molecule has 2 heterocycles. The van der Waals surface area contributed by atoms with Gasteiger partial charge in [-0.3, -0.25) is 4.90 Å². The summed E-state index contributed by atoms with van der Waals surface area (Å²) in [5.41, 5.74) is 7.07. The van der Waals surface area contributed by atoms with Crippen LogP contribution in [0.15, 0.2) is 84.9 Å². The van der Waals surface area contributed by atoms with Crippen LogP contribution in [0.5, 0.6) is 0 Å². The summed E-state index contributed by atoms with van der Waals surface area (Å²) in [4.78, 5) is 13.6. The van der Waals surface area contributed by atoms with Crippen molar-refractivity contribution in [3.63, 3.8) is 0 Å². The molecule has 0 aliphatic carbocycles. The standard InChI is InChI=1S/C27H28N4/c1-21-12-14-24(15-13-21)31-18-16-30(17-19-31)20-25-28-26(22-8-4-2-5-9-22)27(29-25)23-10-6-3-7-11-23/h2-15H,16-20H2,1H3,(H,28,29). The Morgan fingerprint density at radius 3 is 2.00 bits per heavy atom. The number of imidazole rings is 1. The zero-order valence-electron chi connectivity index (χ0n) is 18.0. The minimum absolute atomic E-state index is 0.842. The van der Waals surface area contributed by atoms with E-state index in [0.717, 1.165) is 55.5 Å². The summed E-state index contributed by atoms with van der Waals surface area (Å²) < 4.78 is 0. The molecule has 156 valence electrons. The van der Waals surface area contributed by atoms with Crippen molar-refractivity contribution in [2.45, 2.75) is 13.5 Å². The minimum atomic E-state index is 0.842. The number of piperazine rings is 1. The van der Waals surface area contributed by atoms with Crippen molar-refractivity contribution < 1.29 is 0 Å². The molecule has 0 saturated carbocycles. The van der Waals surface area contributed by atoms with Gasteiger partial charge in [0.15, 0.2) is 0 Å². The van der Waals surface area contributed by atoms with Gasteiger partial charge in [0.25, 0.3) is 0 Å². The number of nitrogens with one attached hydrogen (secondary N) is 1. The molecular formula is C27H28N4. The van der Waals surface area contributed by atoms with Gasteiger partial charge in [0.2, 0.25) is 0 Å². The fourth-order valence-corrected chi connectivity index (χ4v) is 4.25. The van der Waals surface area contributed by atoms with Gasteiger partial charge in [-0.05, 0) is 19.1 Å². The number of aromatic nitrogens is 2. The number of hydrogen-bond acceptors (Lipinski definition) is 3. The third kappa shape index (κ3) is 4.39. The molecule has 4 heteroatoms. The quantitative estimate of drug-likeness (QED) is 0.482. The molecule has 0 bridgehead atoms. The largest absolute Gasteiger partial charge is 0.369 e. The molecule has 1 N–H and O–H groups in total. The zero-order chi connectivity index (χ0) is 21.0. The van der Waals surface area contributed by atoms with Crippen LogP contribution in [0, 0.1) is 6.92 Å². The summed E-state index contributed by atoms with van der Waals surface area (Å²) in [6.45, 7) is 7.14. The Morgan fingerprint density at radius 2 is 1.35 bits per heavy atom. The number of benzene rings is 3. The van der Waals surface area contributed by atoms with Gasteiger partial charge in [0.1, 0.15) is 5.82 Å². The topological polar surface area (TPSA) is 35.2 Å². The Bertz CT molecular complexity index is 1050. The van der Waals surface area contributed by atoms with Crippen molar-refractivity contribution in [1.82, 2.24) is 14.9 Å². The predicted molar refractivity (Wildman–Crippen MR) is 128 cm³/mol. The molecule has 0 amide bonds. The Labute approximate surface area is 184 Å². The van der Waals surface area contributed by atoms with Crippen LogP contribution < -0.4 is 4.90 Å². The van der Waals surface area contributed by atoms with Crippen molar-refractivity contribution in [3.05, 3.63) is 96.3 Å². The maximum atomic E-state index is 5.03. The second-order valence-corrected chi connectivity index (χ2v) is 8.24. The van der Waals surface area contributed by atoms with E-state index in [-0.39, 0.29) is 0 Å². The van der Waals surface area contributed by atoms with Crippen LogP contribution in [-0.4, -0.2) is 41.0 Å². The molecule has 1 aliphatic heterocycles. The molecule has 1 aliphatic rings. The molecule has 3 aromatic carbocycles. The highest BCUT2D eigenvalue weighted by Crippen LogP contribution is 2.30. The van der Waals surface area contributed by atoms with Crippen molar-refractivity contribution in [2.24, 2.45) is 0 Å². The van der Waals surface area contributed by atoms with Gasteiger partial charge in [-0.25, -0.2) is 4.98 Å². The molecular weight excluding hydrogens is 380 g/mol. The van der Waals surface area contributed by atoms with E-state index in [2.05, 4.69) is 101 Å². The average molecular weight is 409 g/mol. The first-order chi connectivity index (χ1) is 15.3. The number of aromatic amines is 1. The fourth-order valence-electron chi connectivity index (χ4n) is 4.25. The lowest BCUT2D eigenvalue weighted by Crippen LogP contribution is -2.46. The molecule has 0 spiro atoms. The number of nitrogens with zero attached hydrogens (tertiary/aromatic N) is 3. The highest BCUT2D eigenvalue weighted by atomic mass is 15.3. The lowest BCUT2D eigenvalue weighted by molar-refractivity contribution is 0.245. The Kier molecular flexibility index (Phi) is 5.55. The van der Waals surface area contributed by atoms with E-state index in [9.17, 15) is 0 Å². The van der Waals surface area contributed by atoms with Crippen LogP contribution in [0.4, 0.5) is 5.69 Å². The summed E-state index contributed by atoms with van der Waals surface area (Å²) in [5, 5.41) is 0. The SMILES string of the molecule is Cc1ccc(N2CCN(Cc3nc(-c4ccccc4)c(-c4ccccc4)[nH]3)CC2)cc1.